The molecule has 0 radical (unpaired) electrons. The molecule has 154 valence electrons. The fourth-order valence-electron chi connectivity index (χ4n) is 2.82. The highest BCUT2D eigenvalue weighted by Crippen LogP contribution is 2.19. The van der Waals surface area contributed by atoms with Crippen molar-refractivity contribution in [3.8, 4) is 5.75 Å². The van der Waals surface area contributed by atoms with Crippen LogP contribution in [0.2, 0.25) is 0 Å². The van der Waals surface area contributed by atoms with E-state index in [0.717, 1.165) is 30.6 Å². The first kappa shape index (κ1) is 23.6. The topological polar surface area (TPSA) is 46.2 Å². The Bertz CT molecular complexity index is 500. The lowest BCUT2D eigenvalue weighted by Crippen LogP contribution is -2.36. The van der Waals surface area contributed by atoms with Crippen LogP contribution in [0.25, 0.3) is 0 Å². The first-order valence-electron chi connectivity index (χ1n) is 9.63. The molecule has 27 heavy (non-hydrogen) atoms. The number of rotatable bonds is 15. The molecule has 0 aliphatic carbocycles. The lowest BCUT2D eigenvalue weighted by Gasteiger charge is -2.28. The van der Waals surface area contributed by atoms with E-state index in [1.165, 1.54) is 0 Å². The summed E-state index contributed by atoms with van der Waals surface area (Å²) in [5, 5.41) is 0. The predicted molar refractivity (Wildman–Crippen MR) is 108 cm³/mol. The molecule has 0 heterocycles. The fraction of sp³-hybridized carbons (Fsp3) is 0.636. The van der Waals surface area contributed by atoms with Gasteiger partial charge in [-0.05, 0) is 42.9 Å². The fourth-order valence-corrected chi connectivity index (χ4v) is 2.82. The van der Waals surface area contributed by atoms with Gasteiger partial charge in [0.1, 0.15) is 18.6 Å². The summed E-state index contributed by atoms with van der Waals surface area (Å²) in [6.45, 7) is 5.57. The maximum absolute atomic E-state index is 5.90. The zero-order chi connectivity index (χ0) is 19.9. The molecule has 0 aliphatic heterocycles. The van der Waals surface area contributed by atoms with Crippen LogP contribution in [-0.4, -0.2) is 46.9 Å². The van der Waals surface area contributed by atoms with Crippen LogP contribution in [0.3, 0.4) is 0 Å². The van der Waals surface area contributed by atoms with Gasteiger partial charge in [0.25, 0.3) is 0 Å². The molecule has 0 bridgehead atoms. The van der Waals surface area contributed by atoms with Gasteiger partial charge in [-0.3, -0.25) is 0 Å². The first-order chi connectivity index (χ1) is 13.1. The Morgan fingerprint density at radius 3 is 2.33 bits per heavy atom. The van der Waals surface area contributed by atoms with E-state index in [4.69, 9.17) is 23.7 Å². The van der Waals surface area contributed by atoms with Crippen LogP contribution in [0.5, 0.6) is 5.75 Å². The number of hydrogen-bond acceptors (Lipinski definition) is 5. The molecular weight excluding hydrogens is 344 g/mol. The Kier molecular flexibility index (Phi) is 12.8. The molecule has 0 unspecified atom stereocenters. The summed E-state index contributed by atoms with van der Waals surface area (Å²) in [4.78, 5) is 0. The Balaban J connectivity index is 2.55. The van der Waals surface area contributed by atoms with Crippen molar-refractivity contribution in [1.82, 2.24) is 0 Å². The third-order valence-corrected chi connectivity index (χ3v) is 4.40. The van der Waals surface area contributed by atoms with Gasteiger partial charge in [-0.2, -0.15) is 0 Å². The van der Waals surface area contributed by atoms with E-state index < -0.39 is 0 Å². The Hall–Kier alpha value is -1.40. The molecule has 3 atom stereocenters. The first-order valence-corrected chi connectivity index (χ1v) is 9.63. The highest BCUT2D eigenvalue weighted by Gasteiger charge is 2.24. The van der Waals surface area contributed by atoms with Gasteiger partial charge < -0.3 is 23.7 Å². The molecule has 0 aromatic heterocycles. The number of methoxy groups -OCH3 is 3. The lowest BCUT2D eigenvalue weighted by molar-refractivity contribution is -0.147. The van der Waals surface area contributed by atoms with Crippen LogP contribution in [-0.2, 0) is 25.6 Å². The van der Waals surface area contributed by atoms with Gasteiger partial charge in [0.15, 0.2) is 0 Å². The lowest BCUT2D eigenvalue weighted by atomic mass is 9.97. The summed E-state index contributed by atoms with van der Waals surface area (Å²) < 4.78 is 27.7. The van der Waals surface area contributed by atoms with E-state index >= 15 is 0 Å². The molecule has 1 rings (SSSR count). The van der Waals surface area contributed by atoms with Crippen LogP contribution in [0.1, 0.15) is 38.7 Å². The molecule has 0 N–H and O–H groups in total. The number of benzene rings is 1. The third-order valence-electron chi connectivity index (χ3n) is 4.40. The van der Waals surface area contributed by atoms with Crippen molar-refractivity contribution >= 4 is 0 Å². The maximum atomic E-state index is 5.90. The highest BCUT2D eigenvalue weighted by molar-refractivity contribution is 5.26. The average Bonchev–Trinajstić information content (AvgIpc) is 2.69. The SMILES string of the molecule is CC/C=C\C[C@@H](C)C[C@@H](OC)[C@@H](COCc1ccc(OC)cc1)OCOC. The van der Waals surface area contributed by atoms with Crippen molar-refractivity contribution in [2.24, 2.45) is 5.92 Å². The van der Waals surface area contributed by atoms with E-state index in [-0.39, 0.29) is 19.0 Å². The smallest absolute Gasteiger partial charge is 0.146 e. The molecule has 0 saturated heterocycles. The number of ether oxygens (including phenoxy) is 5. The second-order valence-electron chi connectivity index (χ2n) is 6.71. The minimum Gasteiger partial charge on any atom is -0.497 e. The monoisotopic (exact) mass is 380 g/mol. The van der Waals surface area contributed by atoms with Gasteiger partial charge in [0.2, 0.25) is 0 Å². The largest absolute Gasteiger partial charge is 0.497 e. The van der Waals surface area contributed by atoms with E-state index in [1.54, 1.807) is 21.3 Å². The molecule has 0 fully saturated rings. The minimum absolute atomic E-state index is 0.0407. The van der Waals surface area contributed by atoms with Crippen LogP contribution in [0, 0.1) is 5.92 Å². The van der Waals surface area contributed by atoms with Gasteiger partial charge in [-0.25, -0.2) is 0 Å². The summed E-state index contributed by atoms with van der Waals surface area (Å²) in [5.74, 6) is 1.35. The number of allylic oxidation sites excluding steroid dienone is 2. The van der Waals surface area contributed by atoms with Crippen molar-refractivity contribution in [3.05, 3.63) is 42.0 Å². The molecule has 5 nitrogen and oxygen atoms in total. The number of hydrogen-bond donors (Lipinski definition) is 0. The van der Waals surface area contributed by atoms with Gasteiger partial charge in [0, 0.05) is 14.2 Å². The molecule has 0 amide bonds. The van der Waals surface area contributed by atoms with Crippen molar-refractivity contribution < 1.29 is 23.7 Å². The average molecular weight is 381 g/mol. The Morgan fingerprint density at radius 1 is 1.00 bits per heavy atom. The summed E-state index contributed by atoms with van der Waals surface area (Å²) in [7, 11) is 5.01. The molecule has 0 spiro atoms. The molecular formula is C22H36O5. The molecule has 5 heteroatoms. The van der Waals surface area contributed by atoms with Crippen LogP contribution >= 0.6 is 0 Å². The normalized spacial score (nSPS) is 15.0. The quantitative estimate of drug-likeness (QED) is 0.329. The standard InChI is InChI=1S/C22H36O5/c1-6-7-8-9-18(2)14-21(25-5)22(27-17-23-3)16-26-15-19-10-12-20(24-4)13-11-19/h7-8,10-13,18,21-22H,6,9,14-17H2,1-5H3/b8-7-/t18-,21-,22-/m1/s1. The van der Waals surface area contributed by atoms with Crippen LogP contribution in [0.4, 0.5) is 0 Å². The predicted octanol–water partition coefficient (Wildman–Crippen LogP) is 4.60. The Labute approximate surface area is 164 Å². The van der Waals surface area contributed by atoms with Gasteiger partial charge in [0.05, 0.1) is 26.4 Å². The van der Waals surface area contributed by atoms with E-state index in [1.807, 2.05) is 24.3 Å². The second kappa shape index (κ2) is 14.6. The molecule has 1 aromatic rings. The van der Waals surface area contributed by atoms with Crippen LogP contribution < -0.4 is 4.74 Å². The van der Waals surface area contributed by atoms with E-state index in [2.05, 4.69) is 26.0 Å². The van der Waals surface area contributed by atoms with Crippen molar-refractivity contribution in [3.63, 3.8) is 0 Å². The maximum Gasteiger partial charge on any atom is 0.146 e. The molecule has 1 aromatic carbocycles. The molecule has 0 aliphatic rings. The van der Waals surface area contributed by atoms with Crippen molar-refractivity contribution in [2.45, 2.75) is 51.9 Å². The summed E-state index contributed by atoms with van der Waals surface area (Å²) in [5.41, 5.74) is 1.09. The Morgan fingerprint density at radius 2 is 1.74 bits per heavy atom. The summed E-state index contributed by atoms with van der Waals surface area (Å²) >= 11 is 0. The van der Waals surface area contributed by atoms with Gasteiger partial charge in [-0.1, -0.05) is 38.1 Å². The highest BCUT2D eigenvalue weighted by atomic mass is 16.7. The zero-order valence-corrected chi connectivity index (χ0v) is 17.5. The van der Waals surface area contributed by atoms with E-state index in [0.29, 0.717) is 19.1 Å². The second-order valence-corrected chi connectivity index (χ2v) is 6.71. The van der Waals surface area contributed by atoms with Gasteiger partial charge >= 0.3 is 0 Å². The van der Waals surface area contributed by atoms with Crippen LogP contribution in [0.15, 0.2) is 36.4 Å². The zero-order valence-electron chi connectivity index (χ0n) is 17.5. The molecule has 0 saturated carbocycles. The summed E-state index contributed by atoms with van der Waals surface area (Å²) in [6, 6.07) is 7.86. The van der Waals surface area contributed by atoms with Crippen molar-refractivity contribution in [1.29, 1.82) is 0 Å². The third kappa shape index (κ3) is 9.91. The minimum atomic E-state index is -0.175. The summed E-state index contributed by atoms with van der Waals surface area (Å²) in [6.07, 6.45) is 7.24. The van der Waals surface area contributed by atoms with Crippen molar-refractivity contribution in [2.75, 3.05) is 34.7 Å². The van der Waals surface area contributed by atoms with E-state index in [9.17, 15) is 0 Å². The van der Waals surface area contributed by atoms with Gasteiger partial charge in [-0.15, -0.1) is 0 Å².